The van der Waals surface area contributed by atoms with Crippen LogP contribution in [0.5, 0.6) is 11.5 Å². The summed E-state index contributed by atoms with van der Waals surface area (Å²) < 4.78 is 10.6. The van der Waals surface area contributed by atoms with Gasteiger partial charge in [-0.3, -0.25) is 9.59 Å². The minimum absolute atomic E-state index is 0.0509. The normalized spacial score (nSPS) is 19.5. The van der Waals surface area contributed by atoms with Gasteiger partial charge in [-0.1, -0.05) is 30.3 Å². The number of ether oxygens (including phenoxy) is 2. The highest BCUT2D eigenvalue weighted by atomic mass is 16.5. The summed E-state index contributed by atoms with van der Waals surface area (Å²) >= 11 is 0. The molecule has 2 amide bonds. The van der Waals surface area contributed by atoms with Crippen molar-refractivity contribution in [2.24, 2.45) is 5.92 Å². The van der Waals surface area contributed by atoms with E-state index in [1.165, 1.54) is 0 Å². The van der Waals surface area contributed by atoms with Crippen molar-refractivity contribution < 1.29 is 19.1 Å². The molecule has 1 aliphatic heterocycles. The molecule has 1 fully saturated rings. The Hall–Kier alpha value is -3.02. The smallest absolute Gasteiger partial charge is 0.230 e. The summed E-state index contributed by atoms with van der Waals surface area (Å²) in [4.78, 5) is 27.0. The molecule has 0 aromatic heterocycles. The van der Waals surface area contributed by atoms with Gasteiger partial charge in [-0.05, 0) is 24.1 Å². The number of hydrogen-bond acceptors (Lipinski definition) is 4. The molecule has 1 N–H and O–H groups in total. The van der Waals surface area contributed by atoms with E-state index in [4.69, 9.17) is 9.47 Å². The number of methoxy groups -OCH3 is 2. The van der Waals surface area contributed by atoms with Crippen LogP contribution in [0.4, 0.5) is 5.69 Å². The molecule has 2 aromatic rings. The Labute approximate surface area is 159 Å². The lowest BCUT2D eigenvalue weighted by molar-refractivity contribution is -0.140. The molecular weight excluding hydrogens is 344 g/mol. The molecule has 142 valence electrons. The summed E-state index contributed by atoms with van der Waals surface area (Å²) in [6, 6.07) is 14.6. The van der Waals surface area contributed by atoms with Crippen LogP contribution >= 0.6 is 0 Å². The molecule has 0 bridgehead atoms. The van der Waals surface area contributed by atoms with E-state index in [9.17, 15) is 9.59 Å². The highest BCUT2D eigenvalue weighted by molar-refractivity contribution is 5.96. The van der Waals surface area contributed by atoms with Crippen LogP contribution in [0.2, 0.25) is 0 Å². The molecule has 3 rings (SSSR count). The molecule has 0 radical (unpaired) electrons. The van der Waals surface area contributed by atoms with Crippen molar-refractivity contribution >= 4 is 17.5 Å². The number of likely N-dealkylation sites (tertiary alicyclic amines) is 1. The van der Waals surface area contributed by atoms with Gasteiger partial charge < -0.3 is 19.7 Å². The highest BCUT2D eigenvalue weighted by Crippen LogP contribution is 2.37. The maximum absolute atomic E-state index is 13.1. The lowest BCUT2D eigenvalue weighted by Gasteiger charge is -2.38. The molecule has 6 heteroatoms. The number of carbonyl (C=O) groups is 2. The second kappa shape index (κ2) is 8.12. The van der Waals surface area contributed by atoms with Crippen LogP contribution in [0, 0.1) is 5.92 Å². The Morgan fingerprint density at radius 1 is 1.11 bits per heavy atom. The lowest BCUT2D eigenvalue weighted by Crippen LogP contribution is -2.44. The number of nitrogens with zero attached hydrogens (tertiary/aromatic N) is 1. The fourth-order valence-corrected chi connectivity index (χ4v) is 3.55. The zero-order valence-corrected chi connectivity index (χ0v) is 15.8. The molecule has 0 spiro atoms. The third-order valence-electron chi connectivity index (χ3n) is 5.01. The second-order valence-corrected chi connectivity index (χ2v) is 6.56. The number of amides is 2. The second-order valence-electron chi connectivity index (χ2n) is 6.56. The number of nitrogens with one attached hydrogen (secondary N) is 1. The van der Waals surface area contributed by atoms with Crippen LogP contribution in [0.1, 0.15) is 24.4 Å². The number of hydrogen-bond donors (Lipinski definition) is 1. The van der Waals surface area contributed by atoms with Crippen LogP contribution in [-0.2, 0) is 9.59 Å². The Morgan fingerprint density at radius 2 is 1.85 bits per heavy atom. The number of piperidine rings is 1. The number of carbonyl (C=O) groups excluding carboxylic acids is 2. The van der Waals surface area contributed by atoms with Crippen LogP contribution in [-0.4, -0.2) is 38.0 Å². The van der Waals surface area contributed by atoms with Crippen molar-refractivity contribution in [3.05, 3.63) is 54.1 Å². The van der Waals surface area contributed by atoms with Gasteiger partial charge in [0, 0.05) is 19.5 Å². The van der Waals surface area contributed by atoms with Gasteiger partial charge in [-0.25, -0.2) is 0 Å². The van der Waals surface area contributed by atoms with E-state index in [2.05, 4.69) is 5.32 Å². The van der Waals surface area contributed by atoms with Gasteiger partial charge in [0.2, 0.25) is 11.8 Å². The van der Waals surface area contributed by atoms with Crippen LogP contribution in [0.25, 0.3) is 0 Å². The average molecular weight is 368 g/mol. The summed E-state index contributed by atoms with van der Waals surface area (Å²) in [5.41, 5.74) is 1.53. The van der Waals surface area contributed by atoms with E-state index >= 15 is 0 Å². The summed E-state index contributed by atoms with van der Waals surface area (Å²) in [6.45, 7) is 0. The van der Waals surface area contributed by atoms with Crippen molar-refractivity contribution in [3.63, 3.8) is 0 Å². The van der Waals surface area contributed by atoms with Gasteiger partial charge >= 0.3 is 0 Å². The first-order valence-corrected chi connectivity index (χ1v) is 8.88. The van der Waals surface area contributed by atoms with Crippen molar-refractivity contribution in [1.29, 1.82) is 0 Å². The number of rotatable bonds is 5. The third kappa shape index (κ3) is 3.89. The van der Waals surface area contributed by atoms with E-state index in [1.54, 1.807) is 44.4 Å². The molecule has 0 saturated carbocycles. The van der Waals surface area contributed by atoms with Crippen LogP contribution < -0.4 is 14.8 Å². The monoisotopic (exact) mass is 368 g/mol. The van der Waals surface area contributed by atoms with Crippen LogP contribution in [0.3, 0.4) is 0 Å². The minimum Gasteiger partial charge on any atom is -0.497 e. The first-order chi connectivity index (χ1) is 13.0. The minimum atomic E-state index is -0.345. The molecule has 2 atom stereocenters. The lowest BCUT2D eigenvalue weighted by atomic mass is 9.84. The molecule has 1 aliphatic rings. The molecule has 2 aromatic carbocycles. The largest absolute Gasteiger partial charge is 0.497 e. The zero-order chi connectivity index (χ0) is 19.4. The third-order valence-corrected chi connectivity index (χ3v) is 5.01. The predicted molar refractivity (Wildman–Crippen MR) is 103 cm³/mol. The molecule has 1 heterocycles. The van der Waals surface area contributed by atoms with Gasteiger partial charge in [0.25, 0.3) is 0 Å². The Morgan fingerprint density at radius 3 is 2.52 bits per heavy atom. The quantitative estimate of drug-likeness (QED) is 0.880. The van der Waals surface area contributed by atoms with Crippen molar-refractivity contribution in [2.75, 3.05) is 26.6 Å². The average Bonchev–Trinajstić information content (AvgIpc) is 2.70. The summed E-state index contributed by atoms with van der Waals surface area (Å²) in [5, 5.41) is 2.96. The fourth-order valence-electron chi connectivity index (χ4n) is 3.55. The highest BCUT2D eigenvalue weighted by Gasteiger charge is 2.39. The van der Waals surface area contributed by atoms with Crippen molar-refractivity contribution in [2.45, 2.75) is 18.9 Å². The van der Waals surface area contributed by atoms with Crippen molar-refractivity contribution in [3.8, 4) is 11.5 Å². The van der Waals surface area contributed by atoms with E-state index in [0.29, 0.717) is 30.0 Å². The van der Waals surface area contributed by atoms with Gasteiger partial charge in [0.15, 0.2) is 0 Å². The van der Waals surface area contributed by atoms with E-state index in [1.807, 2.05) is 30.3 Å². The van der Waals surface area contributed by atoms with Gasteiger partial charge in [0.1, 0.15) is 11.5 Å². The van der Waals surface area contributed by atoms with Gasteiger partial charge in [-0.15, -0.1) is 0 Å². The predicted octanol–water partition coefficient (Wildman–Crippen LogP) is 3.25. The zero-order valence-electron chi connectivity index (χ0n) is 15.8. The fraction of sp³-hybridized carbons (Fsp3) is 0.333. The molecule has 6 nitrogen and oxygen atoms in total. The maximum atomic E-state index is 13.1. The summed E-state index contributed by atoms with van der Waals surface area (Å²) in [5.74, 6) is 0.748. The maximum Gasteiger partial charge on any atom is 0.230 e. The molecule has 1 saturated heterocycles. The Kier molecular flexibility index (Phi) is 5.64. The first-order valence-electron chi connectivity index (χ1n) is 8.88. The van der Waals surface area contributed by atoms with Crippen molar-refractivity contribution in [1.82, 2.24) is 4.90 Å². The number of anilines is 1. The van der Waals surface area contributed by atoms with Crippen LogP contribution in [0.15, 0.2) is 48.5 Å². The Bertz CT molecular complexity index is 822. The standard InChI is InChI=1S/C21H24N2O4/c1-23-19(24)12-10-16(20(23)14-7-5-4-6-8-14)21(25)22-17-11-9-15(26-2)13-18(17)27-3/h4-9,11,13,16,20H,10,12H2,1-3H3,(H,22,25)/t16-,20-/m1/s1. The summed E-state index contributed by atoms with van der Waals surface area (Å²) in [6.07, 6.45) is 0.866. The summed E-state index contributed by atoms with van der Waals surface area (Å²) in [7, 11) is 4.88. The topological polar surface area (TPSA) is 67.9 Å². The molecule has 0 unspecified atom stereocenters. The van der Waals surface area contributed by atoms with Gasteiger partial charge in [0.05, 0.1) is 31.9 Å². The Balaban J connectivity index is 1.87. The molecular formula is C21H24N2O4. The SMILES string of the molecule is COc1ccc(NC(=O)[C@@H]2CCC(=O)N(C)[C@@H]2c2ccccc2)c(OC)c1. The van der Waals surface area contributed by atoms with E-state index in [0.717, 1.165) is 5.56 Å². The van der Waals surface area contributed by atoms with E-state index in [-0.39, 0.29) is 23.8 Å². The molecule has 27 heavy (non-hydrogen) atoms. The first kappa shape index (κ1) is 18.8. The van der Waals surface area contributed by atoms with E-state index < -0.39 is 0 Å². The number of benzene rings is 2. The molecule has 0 aliphatic carbocycles. The van der Waals surface area contributed by atoms with Gasteiger partial charge in [-0.2, -0.15) is 0 Å².